The lowest BCUT2D eigenvalue weighted by atomic mass is 9.96. The van der Waals surface area contributed by atoms with Crippen molar-refractivity contribution < 1.29 is 41.1 Å². The number of hydrogen-bond donors (Lipinski definition) is 0. The molecule has 4 rings (SSSR count). The highest BCUT2D eigenvalue weighted by Gasteiger charge is 2.52. The molecule has 1 aliphatic rings. The normalized spacial score (nSPS) is 15.0. The van der Waals surface area contributed by atoms with Gasteiger partial charge in [-0.05, 0) is 67.8 Å². The first-order chi connectivity index (χ1) is 19.1. The summed E-state index contributed by atoms with van der Waals surface area (Å²) in [5.74, 6) is -3.41. The van der Waals surface area contributed by atoms with E-state index < -0.39 is 46.5 Å². The lowest BCUT2D eigenvalue weighted by molar-refractivity contribution is -0.140. The summed E-state index contributed by atoms with van der Waals surface area (Å²) in [5, 5.41) is 0. The standard InChI is InChI=1S/C30H25F5N2O4/c1-17(38)19-6-4-18(5-7-19)12-24(39)14-21-13-22(31)9-8-20(21)16-36-28(41)37(27(40)29(36,2)3)23-10-11-26(32)25(15-23)30(33,34)35/h4-11,13,15H,12,14,16H2,1-3H3. The predicted molar refractivity (Wildman–Crippen MR) is 139 cm³/mol. The van der Waals surface area contributed by atoms with E-state index >= 15 is 0 Å². The molecule has 0 saturated carbocycles. The molecule has 1 aliphatic heterocycles. The molecule has 1 fully saturated rings. The van der Waals surface area contributed by atoms with Gasteiger partial charge in [-0.25, -0.2) is 18.5 Å². The van der Waals surface area contributed by atoms with Crippen molar-refractivity contribution in [3.8, 4) is 0 Å². The molecule has 0 unspecified atom stereocenters. The number of halogens is 5. The molecule has 0 aliphatic carbocycles. The molecule has 1 saturated heterocycles. The highest BCUT2D eigenvalue weighted by Crippen LogP contribution is 2.38. The van der Waals surface area contributed by atoms with Crippen LogP contribution in [0.25, 0.3) is 0 Å². The molecule has 3 aromatic carbocycles. The second kappa shape index (κ2) is 10.9. The third kappa shape index (κ3) is 6.03. The average molecular weight is 573 g/mol. The first-order valence-electron chi connectivity index (χ1n) is 12.5. The summed E-state index contributed by atoms with van der Waals surface area (Å²) in [5.41, 5.74) is -1.84. The van der Waals surface area contributed by atoms with Crippen molar-refractivity contribution in [2.24, 2.45) is 0 Å². The lowest BCUT2D eigenvalue weighted by Gasteiger charge is -2.28. The zero-order valence-electron chi connectivity index (χ0n) is 22.3. The zero-order chi connectivity index (χ0) is 30.3. The highest BCUT2D eigenvalue weighted by molar-refractivity contribution is 6.23. The van der Waals surface area contributed by atoms with Crippen molar-refractivity contribution in [3.63, 3.8) is 0 Å². The number of rotatable bonds is 8. The van der Waals surface area contributed by atoms with Crippen LogP contribution in [0.4, 0.5) is 32.4 Å². The number of Topliss-reactive ketones (excluding diaryl/α,β-unsaturated/α-hetero) is 2. The molecule has 0 atom stereocenters. The van der Waals surface area contributed by atoms with Crippen LogP contribution in [0, 0.1) is 11.6 Å². The molecule has 41 heavy (non-hydrogen) atoms. The number of benzene rings is 3. The predicted octanol–water partition coefficient (Wildman–Crippen LogP) is 6.29. The molecule has 0 N–H and O–H groups in total. The van der Waals surface area contributed by atoms with Crippen LogP contribution in [0.15, 0.2) is 60.7 Å². The summed E-state index contributed by atoms with van der Waals surface area (Å²) < 4.78 is 67.9. The van der Waals surface area contributed by atoms with Gasteiger partial charge in [0.05, 0.1) is 11.3 Å². The van der Waals surface area contributed by atoms with Gasteiger partial charge in [0, 0.05) is 24.9 Å². The summed E-state index contributed by atoms with van der Waals surface area (Å²) in [7, 11) is 0. The number of ketones is 2. The Balaban J connectivity index is 1.59. The third-order valence-corrected chi connectivity index (χ3v) is 6.98. The SMILES string of the molecule is CC(=O)c1ccc(CC(=O)Cc2cc(F)ccc2CN2C(=O)N(c3ccc(F)c(C(F)(F)F)c3)C(=O)C2(C)C)cc1. The van der Waals surface area contributed by atoms with E-state index in [4.69, 9.17) is 0 Å². The molecule has 3 aromatic rings. The molecule has 6 nitrogen and oxygen atoms in total. The Morgan fingerprint density at radius 2 is 1.51 bits per heavy atom. The van der Waals surface area contributed by atoms with E-state index in [1.165, 1.54) is 26.8 Å². The Bertz CT molecular complexity index is 1550. The first-order valence-corrected chi connectivity index (χ1v) is 12.5. The van der Waals surface area contributed by atoms with Crippen LogP contribution < -0.4 is 4.90 Å². The fourth-order valence-electron chi connectivity index (χ4n) is 4.64. The average Bonchev–Trinajstić information content (AvgIpc) is 3.04. The van der Waals surface area contributed by atoms with Gasteiger partial charge >= 0.3 is 12.2 Å². The van der Waals surface area contributed by atoms with Crippen LogP contribution in [0.2, 0.25) is 0 Å². The van der Waals surface area contributed by atoms with Gasteiger partial charge in [-0.2, -0.15) is 13.2 Å². The summed E-state index contributed by atoms with van der Waals surface area (Å²) in [6.45, 7) is 3.98. The number of amides is 3. The quantitative estimate of drug-likeness (QED) is 0.181. The van der Waals surface area contributed by atoms with Gasteiger partial charge in [0.25, 0.3) is 5.91 Å². The fraction of sp³-hybridized carbons (Fsp3) is 0.267. The minimum atomic E-state index is -5.05. The number of carbonyl (C=O) groups excluding carboxylic acids is 4. The van der Waals surface area contributed by atoms with Crippen molar-refractivity contribution >= 4 is 29.2 Å². The van der Waals surface area contributed by atoms with Crippen LogP contribution in [-0.2, 0) is 35.2 Å². The summed E-state index contributed by atoms with van der Waals surface area (Å²) in [6.07, 6.45) is -5.25. The molecule has 214 valence electrons. The molecule has 0 spiro atoms. The van der Waals surface area contributed by atoms with Gasteiger partial charge in [0.15, 0.2) is 5.78 Å². The van der Waals surface area contributed by atoms with E-state index in [-0.39, 0.29) is 36.5 Å². The third-order valence-electron chi connectivity index (χ3n) is 6.98. The van der Waals surface area contributed by atoms with Crippen LogP contribution >= 0.6 is 0 Å². The summed E-state index contributed by atoms with van der Waals surface area (Å²) in [4.78, 5) is 52.6. The first kappa shape index (κ1) is 29.6. The number of nitrogens with zero attached hydrogens (tertiary/aromatic N) is 2. The van der Waals surface area contributed by atoms with E-state index in [1.54, 1.807) is 24.3 Å². The van der Waals surface area contributed by atoms with Crippen molar-refractivity contribution in [2.45, 2.75) is 51.9 Å². The fourth-order valence-corrected chi connectivity index (χ4v) is 4.64. The van der Waals surface area contributed by atoms with Crippen molar-refractivity contribution in [1.82, 2.24) is 4.90 Å². The van der Waals surface area contributed by atoms with Gasteiger partial charge < -0.3 is 4.90 Å². The zero-order valence-corrected chi connectivity index (χ0v) is 22.3. The van der Waals surface area contributed by atoms with E-state index in [1.807, 2.05) is 0 Å². The van der Waals surface area contributed by atoms with Crippen LogP contribution in [0.1, 0.15) is 53.4 Å². The van der Waals surface area contributed by atoms with Gasteiger partial charge in [0.1, 0.15) is 23.0 Å². The number of urea groups is 1. The number of anilines is 1. The van der Waals surface area contributed by atoms with E-state index in [9.17, 15) is 41.1 Å². The van der Waals surface area contributed by atoms with Crippen molar-refractivity contribution in [1.29, 1.82) is 0 Å². The molecule has 0 radical (unpaired) electrons. The minimum absolute atomic E-state index is 0.000640. The monoisotopic (exact) mass is 572 g/mol. The maximum absolute atomic E-state index is 14.2. The maximum atomic E-state index is 14.2. The van der Waals surface area contributed by atoms with Crippen LogP contribution in [-0.4, -0.2) is 33.9 Å². The largest absolute Gasteiger partial charge is 0.419 e. The lowest BCUT2D eigenvalue weighted by Crippen LogP contribution is -2.43. The van der Waals surface area contributed by atoms with Crippen LogP contribution in [0.5, 0.6) is 0 Å². The Hall–Kier alpha value is -4.41. The molecule has 0 bridgehead atoms. The van der Waals surface area contributed by atoms with Gasteiger partial charge in [-0.15, -0.1) is 0 Å². The highest BCUT2D eigenvalue weighted by atomic mass is 19.4. The Morgan fingerprint density at radius 3 is 2.12 bits per heavy atom. The smallest absolute Gasteiger partial charge is 0.305 e. The number of imide groups is 1. The summed E-state index contributed by atoms with van der Waals surface area (Å²) in [6, 6.07) is 11.0. The number of hydrogen-bond acceptors (Lipinski definition) is 4. The van der Waals surface area contributed by atoms with E-state index in [0.717, 1.165) is 23.1 Å². The van der Waals surface area contributed by atoms with Gasteiger partial charge in [-0.3, -0.25) is 14.4 Å². The number of carbonyl (C=O) groups is 4. The molecule has 11 heteroatoms. The summed E-state index contributed by atoms with van der Waals surface area (Å²) >= 11 is 0. The topological polar surface area (TPSA) is 74.8 Å². The second-order valence-electron chi connectivity index (χ2n) is 10.3. The Morgan fingerprint density at radius 1 is 0.854 bits per heavy atom. The van der Waals surface area contributed by atoms with Crippen molar-refractivity contribution in [2.75, 3.05) is 4.90 Å². The number of alkyl halides is 3. The van der Waals surface area contributed by atoms with Crippen LogP contribution in [0.3, 0.4) is 0 Å². The van der Waals surface area contributed by atoms with Crippen molar-refractivity contribution in [3.05, 3.63) is 100 Å². The van der Waals surface area contributed by atoms with Gasteiger partial charge in [0.2, 0.25) is 0 Å². The molecule has 0 aromatic heterocycles. The maximum Gasteiger partial charge on any atom is 0.419 e. The Labute approximate surface area is 232 Å². The second-order valence-corrected chi connectivity index (χ2v) is 10.3. The molecule has 3 amide bonds. The minimum Gasteiger partial charge on any atom is -0.305 e. The Kier molecular flexibility index (Phi) is 7.84. The molecule has 1 heterocycles. The van der Waals surface area contributed by atoms with E-state index in [0.29, 0.717) is 33.7 Å². The van der Waals surface area contributed by atoms with Gasteiger partial charge in [-0.1, -0.05) is 30.3 Å². The molecular weight excluding hydrogens is 547 g/mol. The van der Waals surface area contributed by atoms with E-state index in [2.05, 4.69) is 0 Å². The molecular formula is C30H25F5N2O4.